The number of H-pyrrole nitrogens is 1. The van der Waals surface area contributed by atoms with Crippen LogP contribution in [0.15, 0.2) is 24.3 Å². The Hall–Kier alpha value is -1.28. The molecule has 0 fully saturated rings. The number of nitrogens with one attached hydrogen (secondary N) is 1. The van der Waals surface area contributed by atoms with E-state index in [1.807, 2.05) is 19.9 Å². The maximum atomic E-state index is 5.57. The summed E-state index contributed by atoms with van der Waals surface area (Å²) in [5.41, 5.74) is 9.38. The Morgan fingerprint density at radius 1 is 1.20 bits per heavy atom. The predicted molar refractivity (Wildman–Crippen MR) is 67.1 cm³/mol. The van der Waals surface area contributed by atoms with Crippen molar-refractivity contribution in [2.45, 2.75) is 27.2 Å². The molecule has 0 saturated carbocycles. The number of benzene rings is 1. The van der Waals surface area contributed by atoms with Crippen molar-refractivity contribution in [2.75, 3.05) is 6.54 Å². The molecule has 3 N–H and O–H groups in total. The number of aromatic nitrogens is 1. The van der Waals surface area contributed by atoms with Crippen LogP contribution in [0.5, 0.6) is 0 Å². The van der Waals surface area contributed by atoms with Crippen molar-refractivity contribution in [3.05, 3.63) is 35.5 Å². The van der Waals surface area contributed by atoms with Crippen molar-refractivity contribution < 1.29 is 0 Å². The summed E-state index contributed by atoms with van der Waals surface area (Å²) in [5, 5.41) is 1.31. The van der Waals surface area contributed by atoms with Crippen molar-refractivity contribution in [2.24, 2.45) is 5.73 Å². The molecule has 0 radical (unpaired) electrons. The number of rotatable bonds is 2. The first-order valence-corrected chi connectivity index (χ1v) is 5.59. The molecule has 0 aliphatic rings. The van der Waals surface area contributed by atoms with E-state index >= 15 is 0 Å². The van der Waals surface area contributed by atoms with Gasteiger partial charge in [-0.3, -0.25) is 0 Å². The quantitative estimate of drug-likeness (QED) is 0.775. The van der Waals surface area contributed by atoms with Gasteiger partial charge in [0.05, 0.1) is 0 Å². The van der Waals surface area contributed by atoms with E-state index in [0.29, 0.717) is 6.54 Å². The van der Waals surface area contributed by atoms with Crippen LogP contribution in [0.4, 0.5) is 0 Å². The van der Waals surface area contributed by atoms with Gasteiger partial charge >= 0.3 is 0 Å². The molecule has 1 aromatic heterocycles. The average Bonchev–Trinajstić information content (AvgIpc) is 2.59. The Morgan fingerprint density at radius 2 is 1.87 bits per heavy atom. The van der Waals surface area contributed by atoms with Gasteiger partial charge in [-0.05, 0) is 31.5 Å². The van der Waals surface area contributed by atoms with Crippen LogP contribution in [0.1, 0.15) is 25.1 Å². The highest BCUT2D eigenvalue weighted by Crippen LogP contribution is 2.21. The van der Waals surface area contributed by atoms with Crippen LogP contribution in [0, 0.1) is 6.92 Å². The molecule has 2 heteroatoms. The number of hydrogen-bond acceptors (Lipinski definition) is 1. The normalized spacial score (nSPS) is 9.87. The van der Waals surface area contributed by atoms with E-state index in [4.69, 9.17) is 5.73 Å². The van der Waals surface area contributed by atoms with Crippen LogP contribution in [0.3, 0.4) is 0 Å². The minimum absolute atomic E-state index is 0.711. The van der Waals surface area contributed by atoms with Gasteiger partial charge in [0.25, 0.3) is 0 Å². The SMILES string of the molecule is CC.Cc1[nH]c2ccccc2c1CCN. The first kappa shape index (κ1) is 11.8. The van der Waals surface area contributed by atoms with Gasteiger partial charge in [0.15, 0.2) is 0 Å². The van der Waals surface area contributed by atoms with Crippen LogP contribution < -0.4 is 5.73 Å². The fourth-order valence-electron chi connectivity index (χ4n) is 1.80. The Balaban J connectivity index is 0.000000531. The third kappa shape index (κ3) is 2.39. The van der Waals surface area contributed by atoms with Crippen LogP contribution in [-0.4, -0.2) is 11.5 Å². The van der Waals surface area contributed by atoms with Gasteiger partial charge in [0.1, 0.15) is 0 Å². The number of para-hydroxylation sites is 1. The van der Waals surface area contributed by atoms with Crippen molar-refractivity contribution in [3.8, 4) is 0 Å². The molecule has 0 bridgehead atoms. The molecule has 2 rings (SSSR count). The second-order valence-corrected chi connectivity index (χ2v) is 3.31. The summed E-state index contributed by atoms with van der Waals surface area (Å²) in [6, 6.07) is 8.35. The smallest absolute Gasteiger partial charge is 0.0458 e. The van der Waals surface area contributed by atoms with E-state index in [0.717, 1.165) is 6.42 Å². The van der Waals surface area contributed by atoms with Gasteiger partial charge in [-0.2, -0.15) is 0 Å². The van der Waals surface area contributed by atoms with Crippen LogP contribution >= 0.6 is 0 Å². The standard InChI is InChI=1S/C11H14N2.C2H6/c1-8-9(6-7-12)10-4-2-3-5-11(10)13-8;1-2/h2-5,13H,6-7,12H2,1H3;1-2H3. The predicted octanol–water partition coefficient (Wildman–Crippen LogP) is 3.00. The molecule has 0 amide bonds. The van der Waals surface area contributed by atoms with Crippen LogP contribution in [-0.2, 0) is 6.42 Å². The number of aromatic amines is 1. The molecular weight excluding hydrogens is 184 g/mol. The third-order valence-electron chi connectivity index (χ3n) is 2.42. The van der Waals surface area contributed by atoms with Gasteiger partial charge in [0, 0.05) is 16.6 Å². The fourth-order valence-corrected chi connectivity index (χ4v) is 1.80. The number of hydrogen-bond donors (Lipinski definition) is 2. The molecule has 0 atom stereocenters. The van der Waals surface area contributed by atoms with Crippen LogP contribution in [0.2, 0.25) is 0 Å². The number of aryl methyl sites for hydroxylation is 1. The Morgan fingerprint density at radius 3 is 2.53 bits per heavy atom. The molecule has 0 aliphatic heterocycles. The van der Waals surface area contributed by atoms with Crippen molar-refractivity contribution >= 4 is 10.9 Å². The molecule has 1 heterocycles. The number of fused-ring (bicyclic) bond motifs is 1. The average molecular weight is 204 g/mol. The second-order valence-electron chi connectivity index (χ2n) is 3.31. The Kier molecular flexibility index (Phi) is 4.37. The summed E-state index contributed by atoms with van der Waals surface area (Å²) in [7, 11) is 0. The van der Waals surface area contributed by atoms with Gasteiger partial charge in [-0.15, -0.1) is 0 Å². The molecule has 15 heavy (non-hydrogen) atoms. The summed E-state index contributed by atoms with van der Waals surface area (Å²) in [6.45, 7) is 6.81. The monoisotopic (exact) mass is 204 g/mol. The zero-order chi connectivity index (χ0) is 11.3. The van der Waals surface area contributed by atoms with E-state index in [2.05, 4.69) is 30.1 Å². The van der Waals surface area contributed by atoms with E-state index in [9.17, 15) is 0 Å². The lowest BCUT2D eigenvalue weighted by atomic mass is 10.1. The molecule has 0 spiro atoms. The van der Waals surface area contributed by atoms with Crippen molar-refractivity contribution in [1.82, 2.24) is 4.98 Å². The maximum absolute atomic E-state index is 5.57. The van der Waals surface area contributed by atoms with Gasteiger partial charge in [0.2, 0.25) is 0 Å². The lowest BCUT2D eigenvalue weighted by molar-refractivity contribution is 0.963. The highest BCUT2D eigenvalue weighted by Gasteiger charge is 2.05. The highest BCUT2D eigenvalue weighted by atomic mass is 14.7. The molecule has 0 aliphatic carbocycles. The number of nitrogens with two attached hydrogens (primary N) is 1. The maximum Gasteiger partial charge on any atom is 0.0458 e. The van der Waals surface area contributed by atoms with E-state index < -0.39 is 0 Å². The molecule has 0 unspecified atom stereocenters. The summed E-state index contributed by atoms with van der Waals surface area (Å²) in [5.74, 6) is 0. The lowest BCUT2D eigenvalue weighted by Gasteiger charge is -1.96. The summed E-state index contributed by atoms with van der Waals surface area (Å²) >= 11 is 0. The molecule has 0 saturated heterocycles. The zero-order valence-electron chi connectivity index (χ0n) is 9.80. The first-order valence-electron chi connectivity index (χ1n) is 5.59. The summed E-state index contributed by atoms with van der Waals surface area (Å²) in [4.78, 5) is 3.36. The third-order valence-corrected chi connectivity index (χ3v) is 2.42. The molecule has 2 aromatic rings. The minimum atomic E-state index is 0.711. The topological polar surface area (TPSA) is 41.8 Å². The minimum Gasteiger partial charge on any atom is -0.358 e. The van der Waals surface area contributed by atoms with Crippen molar-refractivity contribution in [3.63, 3.8) is 0 Å². The fraction of sp³-hybridized carbons (Fsp3) is 0.385. The van der Waals surface area contributed by atoms with E-state index in [-0.39, 0.29) is 0 Å². The summed E-state index contributed by atoms with van der Waals surface area (Å²) in [6.07, 6.45) is 0.954. The lowest BCUT2D eigenvalue weighted by Crippen LogP contribution is -2.03. The summed E-state index contributed by atoms with van der Waals surface area (Å²) < 4.78 is 0. The van der Waals surface area contributed by atoms with E-state index in [1.165, 1.54) is 22.2 Å². The second kappa shape index (κ2) is 5.56. The highest BCUT2D eigenvalue weighted by molar-refractivity contribution is 5.84. The van der Waals surface area contributed by atoms with Gasteiger partial charge < -0.3 is 10.7 Å². The van der Waals surface area contributed by atoms with Crippen LogP contribution in [0.25, 0.3) is 10.9 Å². The first-order chi connectivity index (χ1) is 7.33. The molecular formula is C13H20N2. The van der Waals surface area contributed by atoms with Crippen molar-refractivity contribution in [1.29, 1.82) is 0 Å². The molecule has 1 aromatic carbocycles. The molecule has 82 valence electrons. The zero-order valence-corrected chi connectivity index (χ0v) is 9.80. The largest absolute Gasteiger partial charge is 0.358 e. The van der Waals surface area contributed by atoms with E-state index in [1.54, 1.807) is 0 Å². The van der Waals surface area contributed by atoms with Gasteiger partial charge in [-0.1, -0.05) is 32.0 Å². The van der Waals surface area contributed by atoms with Gasteiger partial charge in [-0.25, -0.2) is 0 Å². The molecule has 2 nitrogen and oxygen atoms in total. The Bertz CT molecular complexity index is 415. The Labute approximate surface area is 91.5 Å².